The van der Waals surface area contributed by atoms with Crippen molar-refractivity contribution in [2.24, 2.45) is 0 Å². The van der Waals surface area contributed by atoms with Crippen LogP contribution in [0.1, 0.15) is 0 Å². The molecule has 0 spiro atoms. The van der Waals surface area contributed by atoms with Gasteiger partial charge < -0.3 is 48.9 Å². The highest BCUT2D eigenvalue weighted by Crippen LogP contribution is 2.40. The molecule has 3 heterocycles. The maximum absolute atomic E-state index is 12.6. The van der Waals surface area contributed by atoms with E-state index in [0.717, 1.165) is 6.07 Å². The monoisotopic (exact) mass is 446 g/mol. The molecule has 0 saturated carbocycles. The molecule has 168 valence electrons. The van der Waals surface area contributed by atoms with Gasteiger partial charge in [0.05, 0.1) is 6.61 Å². The molecule has 5 rings (SSSR count). The summed E-state index contributed by atoms with van der Waals surface area (Å²) < 4.78 is 22.2. The SMILES string of the molecule is O=c1oc2cc(O)cc(O[C@@H]3O[C@H](CO)[C@@H](O)[C@H](O)[C@H]3O)c2c2oc3cc(O)ccc3c12. The third-order valence-corrected chi connectivity index (χ3v) is 5.45. The van der Waals surface area contributed by atoms with Crippen molar-refractivity contribution in [1.82, 2.24) is 0 Å². The predicted octanol–water partition coefficient (Wildman–Crippen LogP) is 0.282. The van der Waals surface area contributed by atoms with Crippen molar-refractivity contribution in [3.05, 3.63) is 40.8 Å². The van der Waals surface area contributed by atoms with Gasteiger partial charge in [0.1, 0.15) is 63.6 Å². The first-order valence-electron chi connectivity index (χ1n) is 9.60. The summed E-state index contributed by atoms with van der Waals surface area (Å²) in [5.74, 6) is -0.546. The summed E-state index contributed by atoms with van der Waals surface area (Å²) in [6.07, 6.45) is -7.73. The van der Waals surface area contributed by atoms with Crippen molar-refractivity contribution in [3.8, 4) is 17.2 Å². The van der Waals surface area contributed by atoms with Crippen molar-refractivity contribution in [2.75, 3.05) is 6.61 Å². The lowest BCUT2D eigenvalue weighted by Gasteiger charge is -2.39. The van der Waals surface area contributed by atoms with Gasteiger partial charge >= 0.3 is 5.63 Å². The largest absolute Gasteiger partial charge is 0.508 e. The summed E-state index contributed by atoms with van der Waals surface area (Å²) in [5, 5.41) is 60.1. The van der Waals surface area contributed by atoms with E-state index >= 15 is 0 Å². The first-order chi connectivity index (χ1) is 15.3. The number of fused-ring (bicyclic) bond motifs is 5. The number of aliphatic hydroxyl groups is 4. The van der Waals surface area contributed by atoms with Gasteiger partial charge in [0.15, 0.2) is 5.58 Å². The van der Waals surface area contributed by atoms with Gasteiger partial charge in [0.25, 0.3) is 0 Å². The van der Waals surface area contributed by atoms with Crippen molar-refractivity contribution < 1.29 is 48.9 Å². The van der Waals surface area contributed by atoms with E-state index in [1.165, 1.54) is 24.3 Å². The fourth-order valence-corrected chi connectivity index (χ4v) is 3.88. The number of benzene rings is 2. The number of aliphatic hydroxyl groups excluding tert-OH is 4. The minimum absolute atomic E-state index is 0.0384. The zero-order chi connectivity index (χ0) is 22.7. The number of hydrogen-bond donors (Lipinski definition) is 6. The minimum atomic E-state index is -1.70. The van der Waals surface area contributed by atoms with Crippen LogP contribution in [0, 0.1) is 0 Å². The summed E-state index contributed by atoms with van der Waals surface area (Å²) in [5.41, 5.74) is -0.602. The Bertz CT molecular complexity index is 1390. The van der Waals surface area contributed by atoms with Crippen molar-refractivity contribution >= 4 is 32.9 Å². The summed E-state index contributed by atoms with van der Waals surface area (Å²) in [7, 11) is 0. The van der Waals surface area contributed by atoms with Gasteiger partial charge in [-0.1, -0.05) is 0 Å². The maximum Gasteiger partial charge on any atom is 0.348 e. The second-order valence-electron chi connectivity index (χ2n) is 7.51. The summed E-state index contributed by atoms with van der Waals surface area (Å²) in [4.78, 5) is 12.6. The van der Waals surface area contributed by atoms with Gasteiger partial charge in [-0.15, -0.1) is 0 Å². The lowest BCUT2D eigenvalue weighted by atomic mass is 9.99. The molecule has 0 unspecified atom stereocenters. The van der Waals surface area contributed by atoms with Gasteiger partial charge in [0.2, 0.25) is 6.29 Å². The molecule has 0 radical (unpaired) electrons. The number of ether oxygens (including phenoxy) is 2. The number of phenolic OH excluding ortho intramolecular Hbond substituents is 2. The average Bonchev–Trinajstić information content (AvgIpc) is 3.12. The van der Waals surface area contributed by atoms with E-state index in [4.69, 9.17) is 18.3 Å². The molecular weight excluding hydrogens is 428 g/mol. The van der Waals surface area contributed by atoms with E-state index in [1.807, 2.05) is 0 Å². The third kappa shape index (κ3) is 3.06. The van der Waals surface area contributed by atoms with Gasteiger partial charge in [-0.2, -0.15) is 0 Å². The molecule has 4 aromatic rings. The van der Waals surface area contributed by atoms with Crippen molar-refractivity contribution in [2.45, 2.75) is 30.7 Å². The van der Waals surface area contributed by atoms with E-state index in [2.05, 4.69) is 0 Å². The van der Waals surface area contributed by atoms with E-state index in [9.17, 15) is 35.4 Å². The van der Waals surface area contributed by atoms with Crippen LogP contribution in [0.4, 0.5) is 0 Å². The van der Waals surface area contributed by atoms with Crippen LogP contribution in [0.5, 0.6) is 17.2 Å². The molecular formula is C21H18O11. The first kappa shape index (κ1) is 20.5. The predicted molar refractivity (Wildman–Crippen MR) is 107 cm³/mol. The van der Waals surface area contributed by atoms with Crippen LogP contribution in [0.2, 0.25) is 0 Å². The summed E-state index contributed by atoms with van der Waals surface area (Å²) in [6.45, 7) is -0.655. The Balaban J connectivity index is 1.71. The van der Waals surface area contributed by atoms with Crippen LogP contribution >= 0.6 is 0 Å². The molecule has 11 heteroatoms. The normalized spacial score (nSPS) is 26.2. The zero-order valence-electron chi connectivity index (χ0n) is 16.2. The van der Waals surface area contributed by atoms with Crippen LogP contribution in [0.3, 0.4) is 0 Å². The smallest absolute Gasteiger partial charge is 0.348 e. The van der Waals surface area contributed by atoms with Gasteiger partial charge in [0, 0.05) is 23.6 Å². The van der Waals surface area contributed by atoms with E-state index in [-0.39, 0.29) is 44.8 Å². The molecule has 2 aromatic heterocycles. The summed E-state index contributed by atoms with van der Waals surface area (Å²) in [6, 6.07) is 6.51. The fourth-order valence-electron chi connectivity index (χ4n) is 3.88. The lowest BCUT2D eigenvalue weighted by molar-refractivity contribution is -0.277. The molecule has 6 N–H and O–H groups in total. The fraction of sp³-hybridized carbons (Fsp3) is 0.286. The Labute approximate surface area is 177 Å². The zero-order valence-corrected chi connectivity index (χ0v) is 16.2. The molecule has 1 fully saturated rings. The molecule has 1 saturated heterocycles. The Hall–Kier alpha value is -3.35. The summed E-state index contributed by atoms with van der Waals surface area (Å²) >= 11 is 0. The third-order valence-electron chi connectivity index (χ3n) is 5.45. The Kier molecular flexibility index (Phi) is 4.73. The van der Waals surface area contributed by atoms with Crippen LogP contribution in [0.25, 0.3) is 32.9 Å². The maximum atomic E-state index is 12.6. The lowest BCUT2D eigenvalue weighted by Crippen LogP contribution is -2.60. The van der Waals surface area contributed by atoms with Crippen LogP contribution in [-0.4, -0.2) is 68.0 Å². The molecule has 0 amide bonds. The average molecular weight is 446 g/mol. The van der Waals surface area contributed by atoms with E-state index in [1.54, 1.807) is 0 Å². The Morgan fingerprint density at radius 1 is 0.875 bits per heavy atom. The van der Waals surface area contributed by atoms with Gasteiger partial charge in [-0.3, -0.25) is 0 Å². The Morgan fingerprint density at radius 2 is 1.62 bits per heavy atom. The number of furan rings is 1. The number of rotatable bonds is 3. The van der Waals surface area contributed by atoms with Gasteiger partial charge in [-0.25, -0.2) is 4.79 Å². The number of aromatic hydroxyl groups is 2. The van der Waals surface area contributed by atoms with Crippen LogP contribution in [-0.2, 0) is 4.74 Å². The Morgan fingerprint density at radius 3 is 2.38 bits per heavy atom. The highest BCUT2D eigenvalue weighted by molar-refractivity contribution is 6.14. The van der Waals surface area contributed by atoms with Crippen molar-refractivity contribution in [3.63, 3.8) is 0 Å². The standard InChI is InChI=1S/C21H18O11/c22-6-13-16(25)17(26)18(27)21(32-13)31-12-5-8(24)4-11-15(12)19-14(20(28)30-11)9-2-1-7(23)3-10(9)29-19/h1-5,13,16-18,21-27H,6H2/t13-,16-,17+,18-,21-/m1/s1. The highest BCUT2D eigenvalue weighted by atomic mass is 16.7. The van der Waals surface area contributed by atoms with E-state index < -0.39 is 42.9 Å². The number of phenols is 2. The molecule has 1 aliphatic heterocycles. The molecule has 1 aliphatic rings. The highest BCUT2D eigenvalue weighted by Gasteiger charge is 2.45. The molecule has 5 atom stereocenters. The second-order valence-corrected chi connectivity index (χ2v) is 7.51. The quantitative estimate of drug-likeness (QED) is 0.238. The molecule has 11 nitrogen and oxygen atoms in total. The first-order valence-corrected chi connectivity index (χ1v) is 9.60. The van der Waals surface area contributed by atoms with Gasteiger partial charge in [-0.05, 0) is 12.1 Å². The van der Waals surface area contributed by atoms with Crippen LogP contribution in [0.15, 0.2) is 44.0 Å². The van der Waals surface area contributed by atoms with Crippen molar-refractivity contribution in [1.29, 1.82) is 0 Å². The second kappa shape index (κ2) is 7.36. The molecule has 2 aromatic carbocycles. The van der Waals surface area contributed by atoms with E-state index in [0.29, 0.717) is 5.39 Å². The van der Waals surface area contributed by atoms with Crippen LogP contribution < -0.4 is 10.4 Å². The molecule has 32 heavy (non-hydrogen) atoms. The topological polar surface area (TPSA) is 183 Å². The molecule has 0 aliphatic carbocycles. The number of hydrogen-bond acceptors (Lipinski definition) is 11. The molecule has 0 bridgehead atoms. The minimum Gasteiger partial charge on any atom is -0.508 e.